The second kappa shape index (κ2) is 8.83. The summed E-state index contributed by atoms with van der Waals surface area (Å²) in [7, 11) is 1.72. The number of hydrogen-bond donors (Lipinski definition) is 2. The largest absolute Gasteiger partial charge is 0.573 e. The van der Waals surface area contributed by atoms with Crippen LogP contribution in [0.15, 0.2) is 42.5 Å². The molecule has 0 heterocycles. The van der Waals surface area contributed by atoms with E-state index in [0.29, 0.717) is 0 Å². The molecular formula is C20H21ClF3N3O3. The minimum Gasteiger partial charge on any atom is -0.405 e. The molecule has 10 heteroatoms. The summed E-state index contributed by atoms with van der Waals surface area (Å²) < 4.78 is 42.3. The number of amides is 2. The van der Waals surface area contributed by atoms with Gasteiger partial charge in [0, 0.05) is 23.3 Å². The number of nitrogens with zero attached hydrogens (tertiary/aromatic N) is 1. The molecular weight excluding hydrogens is 423 g/mol. The minimum atomic E-state index is -5.02. The van der Waals surface area contributed by atoms with Crippen molar-refractivity contribution in [3.8, 4) is 5.75 Å². The van der Waals surface area contributed by atoms with Crippen LogP contribution in [0.4, 0.5) is 18.9 Å². The van der Waals surface area contributed by atoms with Gasteiger partial charge in [0.15, 0.2) is 0 Å². The van der Waals surface area contributed by atoms with E-state index in [1.807, 2.05) is 0 Å². The van der Waals surface area contributed by atoms with E-state index in [-0.39, 0.29) is 10.6 Å². The molecule has 0 aliphatic rings. The van der Waals surface area contributed by atoms with Crippen molar-refractivity contribution in [1.29, 1.82) is 0 Å². The molecule has 0 saturated heterocycles. The number of hydrogen-bond acceptors (Lipinski definition) is 4. The minimum absolute atomic E-state index is 0.0400. The second-order valence-electron chi connectivity index (χ2n) is 7.27. The fraction of sp³-hybridized carbons (Fsp3) is 0.300. The van der Waals surface area contributed by atoms with Gasteiger partial charge in [0.1, 0.15) is 5.75 Å². The molecule has 0 saturated carbocycles. The summed E-state index contributed by atoms with van der Waals surface area (Å²) >= 11 is 5.76. The van der Waals surface area contributed by atoms with E-state index in [1.165, 1.54) is 6.07 Å². The Hall–Kier alpha value is -2.94. The van der Waals surface area contributed by atoms with Crippen molar-refractivity contribution in [2.75, 3.05) is 12.4 Å². The highest BCUT2D eigenvalue weighted by Crippen LogP contribution is 2.31. The number of halogens is 4. The van der Waals surface area contributed by atoms with Crippen molar-refractivity contribution < 1.29 is 27.5 Å². The van der Waals surface area contributed by atoms with Crippen LogP contribution in [0.5, 0.6) is 5.75 Å². The molecule has 30 heavy (non-hydrogen) atoms. The van der Waals surface area contributed by atoms with Gasteiger partial charge in [0.25, 0.3) is 11.8 Å². The fourth-order valence-corrected chi connectivity index (χ4v) is 2.64. The molecule has 162 valence electrons. The number of rotatable bonds is 4. The fourth-order valence-electron chi connectivity index (χ4n) is 2.48. The normalized spacial score (nSPS) is 11.6. The highest BCUT2D eigenvalue weighted by Gasteiger charge is 2.36. The molecule has 2 N–H and O–H groups in total. The van der Waals surface area contributed by atoms with Crippen LogP contribution in [0.1, 0.15) is 41.5 Å². The van der Waals surface area contributed by atoms with Gasteiger partial charge in [-0.1, -0.05) is 11.6 Å². The number of hydrazine groups is 1. The van der Waals surface area contributed by atoms with Crippen LogP contribution in [-0.4, -0.2) is 35.8 Å². The smallest absolute Gasteiger partial charge is 0.405 e. The number of benzene rings is 2. The first-order valence-electron chi connectivity index (χ1n) is 8.80. The highest BCUT2D eigenvalue weighted by molar-refractivity contribution is 6.30. The third-order valence-corrected chi connectivity index (χ3v) is 4.16. The summed E-state index contributed by atoms with van der Waals surface area (Å²) in [6.07, 6.45) is -5.02. The van der Waals surface area contributed by atoms with Gasteiger partial charge in [0.05, 0.1) is 11.1 Å². The van der Waals surface area contributed by atoms with Crippen LogP contribution in [0.25, 0.3) is 0 Å². The van der Waals surface area contributed by atoms with E-state index >= 15 is 0 Å². The number of carbonyl (C=O) groups excluding carboxylic acids is 2. The summed E-state index contributed by atoms with van der Waals surface area (Å²) in [6.45, 7) is 4.86. The van der Waals surface area contributed by atoms with E-state index in [9.17, 15) is 22.8 Å². The second-order valence-corrected chi connectivity index (χ2v) is 7.70. The van der Waals surface area contributed by atoms with E-state index < -0.39 is 35.0 Å². The van der Waals surface area contributed by atoms with Crippen LogP contribution in [0, 0.1) is 0 Å². The van der Waals surface area contributed by atoms with Gasteiger partial charge in [-0.3, -0.25) is 15.0 Å². The van der Waals surface area contributed by atoms with Crippen molar-refractivity contribution in [1.82, 2.24) is 10.4 Å². The molecule has 2 aromatic rings. The summed E-state index contributed by atoms with van der Waals surface area (Å²) in [4.78, 5) is 25.7. The summed E-state index contributed by atoms with van der Waals surface area (Å²) in [5.41, 5.74) is 2.14. The van der Waals surface area contributed by atoms with Crippen LogP contribution >= 0.6 is 11.6 Å². The first-order valence-corrected chi connectivity index (χ1v) is 9.18. The molecule has 0 atom stereocenters. The average molecular weight is 444 g/mol. The van der Waals surface area contributed by atoms with E-state index in [4.69, 9.17) is 11.6 Å². The lowest BCUT2D eigenvalue weighted by molar-refractivity contribution is -0.274. The molecule has 0 fully saturated rings. The quantitative estimate of drug-likeness (QED) is 0.662. The number of carbonyl (C=O) groups is 2. The Morgan fingerprint density at radius 2 is 1.63 bits per heavy atom. The zero-order valence-electron chi connectivity index (χ0n) is 16.7. The topological polar surface area (TPSA) is 70.7 Å². The SMILES string of the molecule is CNc1ccc(C(=O)NN(C(=O)c2ccc(Cl)cc2OC(F)(F)F)C(C)(C)C)cc1. The summed E-state index contributed by atoms with van der Waals surface area (Å²) in [6, 6.07) is 9.70. The molecule has 0 spiro atoms. The van der Waals surface area contributed by atoms with Gasteiger partial charge in [-0.05, 0) is 63.2 Å². The number of anilines is 1. The Balaban J connectivity index is 2.38. The molecule has 6 nitrogen and oxygen atoms in total. The van der Waals surface area contributed by atoms with Crippen LogP contribution in [-0.2, 0) is 0 Å². The zero-order valence-corrected chi connectivity index (χ0v) is 17.5. The van der Waals surface area contributed by atoms with Crippen molar-refractivity contribution >= 4 is 29.1 Å². The maximum Gasteiger partial charge on any atom is 0.573 e. The van der Waals surface area contributed by atoms with E-state index in [0.717, 1.165) is 22.8 Å². The molecule has 0 aromatic heterocycles. The summed E-state index contributed by atoms with van der Waals surface area (Å²) in [5.74, 6) is -2.26. The average Bonchev–Trinajstić information content (AvgIpc) is 2.63. The first-order chi connectivity index (χ1) is 13.8. The lowest BCUT2D eigenvalue weighted by atomic mass is 10.1. The lowest BCUT2D eigenvalue weighted by Gasteiger charge is -2.35. The van der Waals surface area contributed by atoms with E-state index in [2.05, 4.69) is 15.5 Å². The molecule has 0 aliphatic heterocycles. The highest BCUT2D eigenvalue weighted by atomic mass is 35.5. The third kappa shape index (κ3) is 6.03. The standard InChI is InChI=1S/C20H21ClF3N3O3/c1-19(2,3)27(26-17(28)12-5-8-14(25-4)9-6-12)18(29)15-10-7-13(21)11-16(15)30-20(22,23)24/h5-11,25H,1-4H3,(H,26,28). The summed E-state index contributed by atoms with van der Waals surface area (Å²) in [5, 5.41) is 3.83. The maximum absolute atomic E-state index is 13.1. The van der Waals surface area contributed by atoms with Gasteiger partial charge >= 0.3 is 6.36 Å². The Morgan fingerprint density at radius 3 is 2.13 bits per heavy atom. The van der Waals surface area contributed by atoms with Gasteiger partial charge in [-0.25, -0.2) is 5.01 Å². The molecule has 0 aliphatic carbocycles. The predicted octanol–water partition coefficient (Wildman–Crippen LogP) is 4.87. The van der Waals surface area contributed by atoms with Crippen LogP contribution < -0.4 is 15.5 Å². The molecule has 0 radical (unpaired) electrons. The van der Waals surface area contributed by atoms with Gasteiger partial charge < -0.3 is 10.1 Å². The number of ether oxygens (including phenoxy) is 1. The maximum atomic E-state index is 13.1. The zero-order chi connectivity index (χ0) is 22.7. The molecule has 2 amide bonds. The Labute approximate surface area is 176 Å². The molecule has 0 bridgehead atoms. The van der Waals surface area contributed by atoms with Gasteiger partial charge in [-0.15, -0.1) is 13.2 Å². The Morgan fingerprint density at radius 1 is 1.03 bits per heavy atom. The van der Waals surface area contributed by atoms with Crippen molar-refractivity contribution in [2.24, 2.45) is 0 Å². The number of nitrogens with one attached hydrogen (secondary N) is 2. The van der Waals surface area contributed by atoms with Crippen LogP contribution in [0.3, 0.4) is 0 Å². The molecule has 2 aromatic carbocycles. The Bertz CT molecular complexity index is 926. The van der Waals surface area contributed by atoms with Gasteiger partial charge in [-0.2, -0.15) is 0 Å². The van der Waals surface area contributed by atoms with Crippen LogP contribution in [0.2, 0.25) is 5.02 Å². The number of alkyl halides is 3. The third-order valence-electron chi connectivity index (χ3n) is 3.92. The molecule has 0 unspecified atom stereocenters. The van der Waals surface area contributed by atoms with Crippen molar-refractivity contribution in [2.45, 2.75) is 32.7 Å². The molecule has 2 rings (SSSR count). The lowest BCUT2D eigenvalue weighted by Crippen LogP contribution is -2.56. The monoisotopic (exact) mass is 443 g/mol. The van der Waals surface area contributed by atoms with Gasteiger partial charge in [0.2, 0.25) is 0 Å². The first kappa shape index (κ1) is 23.3. The predicted molar refractivity (Wildman–Crippen MR) is 108 cm³/mol. The van der Waals surface area contributed by atoms with Crippen molar-refractivity contribution in [3.05, 3.63) is 58.6 Å². The van der Waals surface area contributed by atoms with E-state index in [1.54, 1.807) is 52.1 Å². The Kier molecular flexibility index (Phi) is 6.87. The van der Waals surface area contributed by atoms with Crippen molar-refractivity contribution in [3.63, 3.8) is 0 Å².